The van der Waals surface area contributed by atoms with Crippen molar-refractivity contribution in [1.29, 1.82) is 0 Å². The van der Waals surface area contributed by atoms with Crippen LogP contribution in [0, 0.1) is 0 Å². The molecule has 0 amide bonds. The molecule has 0 aromatic carbocycles. The molecule has 4 aliphatic heterocycles. The zero-order valence-corrected chi connectivity index (χ0v) is 7.09. The molecule has 4 aliphatic rings. The van der Waals surface area contributed by atoms with Crippen molar-refractivity contribution < 1.29 is 0 Å². The number of piperazine rings is 1. The molecule has 0 saturated carbocycles. The summed E-state index contributed by atoms with van der Waals surface area (Å²) < 4.78 is 0. The van der Waals surface area contributed by atoms with Gasteiger partial charge in [0.2, 0.25) is 0 Å². The van der Waals surface area contributed by atoms with E-state index >= 15 is 0 Å². The SMILES string of the molecule is CCN1C2CCC1C1CC2N1. The second-order valence-corrected chi connectivity index (χ2v) is 4.16. The molecule has 0 spiro atoms. The van der Waals surface area contributed by atoms with E-state index in [1.807, 2.05) is 0 Å². The summed E-state index contributed by atoms with van der Waals surface area (Å²) in [6.07, 6.45) is 4.37. The van der Waals surface area contributed by atoms with E-state index in [-0.39, 0.29) is 0 Å². The smallest absolute Gasteiger partial charge is 0.0254 e. The van der Waals surface area contributed by atoms with Crippen molar-refractivity contribution in [3.8, 4) is 0 Å². The third-order valence-corrected chi connectivity index (χ3v) is 3.84. The number of hydrogen-bond acceptors (Lipinski definition) is 2. The Morgan fingerprint density at radius 1 is 1.27 bits per heavy atom. The third-order valence-electron chi connectivity index (χ3n) is 3.84. The second-order valence-electron chi connectivity index (χ2n) is 4.16. The lowest BCUT2D eigenvalue weighted by atomic mass is 9.84. The van der Waals surface area contributed by atoms with Gasteiger partial charge in [0.25, 0.3) is 0 Å². The van der Waals surface area contributed by atoms with Gasteiger partial charge in [-0.1, -0.05) is 6.92 Å². The van der Waals surface area contributed by atoms with Gasteiger partial charge in [0.15, 0.2) is 0 Å². The normalized spacial score (nSPS) is 54.3. The highest BCUT2D eigenvalue weighted by atomic mass is 15.3. The fourth-order valence-corrected chi connectivity index (χ4v) is 3.31. The highest BCUT2D eigenvalue weighted by Gasteiger charge is 2.53. The summed E-state index contributed by atoms with van der Waals surface area (Å²) in [4.78, 5) is 2.72. The topological polar surface area (TPSA) is 15.3 Å². The third kappa shape index (κ3) is 0.651. The maximum atomic E-state index is 3.66. The van der Waals surface area contributed by atoms with Crippen LogP contribution in [0.1, 0.15) is 26.2 Å². The van der Waals surface area contributed by atoms with Crippen LogP contribution in [-0.2, 0) is 0 Å². The number of likely N-dealkylation sites (N-methyl/N-ethyl adjacent to an activating group) is 1. The first kappa shape index (κ1) is 6.44. The zero-order valence-electron chi connectivity index (χ0n) is 7.09. The lowest BCUT2D eigenvalue weighted by Crippen LogP contribution is -2.72. The highest BCUT2D eigenvalue weighted by molar-refractivity contribution is 5.13. The Bertz CT molecular complexity index is 158. The Labute approximate surface area is 68.0 Å². The number of nitrogens with one attached hydrogen (secondary N) is 1. The number of piperidine rings is 1. The lowest BCUT2D eigenvalue weighted by Gasteiger charge is -2.54. The predicted molar refractivity (Wildman–Crippen MR) is 44.5 cm³/mol. The molecule has 0 aliphatic carbocycles. The zero-order chi connectivity index (χ0) is 7.42. The Morgan fingerprint density at radius 3 is 2.18 bits per heavy atom. The maximum absolute atomic E-state index is 3.66. The number of rotatable bonds is 1. The maximum Gasteiger partial charge on any atom is 0.0254 e. The van der Waals surface area contributed by atoms with Crippen molar-refractivity contribution >= 4 is 0 Å². The molecule has 11 heavy (non-hydrogen) atoms. The highest BCUT2D eigenvalue weighted by Crippen LogP contribution is 2.41. The van der Waals surface area contributed by atoms with Gasteiger partial charge in [0.1, 0.15) is 0 Å². The standard InChI is InChI=1S/C9H16N2/c1-2-11-8-3-4-9(11)7-5-6(8)10-7/h6-10H,2-5H2,1H3. The van der Waals surface area contributed by atoms with Crippen molar-refractivity contribution in [2.24, 2.45) is 0 Å². The first-order valence-corrected chi connectivity index (χ1v) is 4.92. The second kappa shape index (κ2) is 1.99. The Kier molecular flexibility index (Phi) is 1.16. The van der Waals surface area contributed by atoms with Crippen LogP contribution in [0.4, 0.5) is 0 Å². The molecule has 2 heteroatoms. The summed E-state index contributed by atoms with van der Waals surface area (Å²) in [5.41, 5.74) is 0. The molecule has 4 unspecified atom stereocenters. The van der Waals surface area contributed by atoms with Crippen LogP contribution >= 0.6 is 0 Å². The van der Waals surface area contributed by atoms with Crippen LogP contribution in [0.5, 0.6) is 0 Å². The molecular weight excluding hydrogens is 136 g/mol. The van der Waals surface area contributed by atoms with E-state index in [9.17, 15) is 0 Å². The summed E-state index contributed by atoms with van der Waals surface area (Å²) in [5, 5.41) is 3.66. The largest absolute Gasteiger partial charge is 0.308 e. The molecule has 4 heterocycles. The summed E-state index contributed by atoms with van der Waals surface area (Å²) in [6.45, 7) is 3.57. The van der Waals surface area contributed by atoms with Gasteiger partial charge >= 0.3 is 0 Å². The van der Waals surface area contributed by atoms with Gasteiger partial charge in [-0.15, -0.1) is 0 Å². The van der Waals surface area contributed by atoms with E-state index in [1.165, 1.54) is 25.8 Å². The quantitative estimate of drug-likeness (QED) is 0.591. The average molecular weight is 152 g/mol. The molecule has 4 rings (SSSR count). The molecule has 0 aromatic rings. The van der Waals surface area contributed by atoms with Crippen molar-refractivity contribution in [3.63, 3.8) is 0 Å². The Hall–Kier alpha value is -0.0800. The minimum absolute atomic E-state index is 0.860. The molecule has 4 fully saturated rings. The van der Waals surface area contributed by atoms with Crippen LogP contribution in [0.3, 0.4) is 0 Å². The van der Waals surface area contributed by atoms with Gasteiger partial charge in [0.05, 0.1) is 0 Å². The van der Waals surface area contributed by atoms with Gasteiger partial charge in [-0.2, -0.15) is 0 Å². The molecule has 4 bridgehead atoms. The lowest BCUT2D eigenvalue weighted by molar-refractivity contribution is 0.0120. The minimum Gasteiger partial charge on any atom is -0.308 e. The Balaban J connectivity index is 1.90. The van der Waals surface area contributed by atoms with Gasteiger partial charge in [-0.25, -0.2) is 0 Å². The van der Waals surface area contributed by atoms with Crippen molar-refractivity contribution in [1.82, 2.24) is 10.2 Å². The van der Waals surface area contributed by atoms with Crippen LogP contribution in [0.2, 0.25) is 0 Å². The summed E-state index contributed by atoms with van der Waals surface area (Å²) >= 11 is 0. The molecule has 2 nitrogen and oxygen atoms in total. The van der Waals surface area contributed by atoms with E-state index in [4.69, 9.17) is 0 Å². The van der Waals surface area contributed by atoms with Crippen molar-refractivity contribution in [2.75, 3.05) is 6.54 Å². The molecule has 0 radical (unpaired) electrons. The van der Waals surface area contributed by atoms with Crippen molar-refractivity contribution in [3.05, 3.63) is 0 Å². The molecule has 1 N–H and O–H groups in total. The average Bonchev–Trinajstić information content (AvgIpc) is 2.12. The summed E-state index contributed by atoms with van der Waals surface area (Å²) in [6, 6.07) is 3.52. The first-order valence-electron chi connectivity index (χ1n) is 4.92. The summed E-state index contributed by atoms with van der Waals surface area (Å²) in [7, 11) is 0. The van der Waals surface area contributed by atoms with E-state index < -0.39 is 0 Å². The minimum atomic E-state index is 0.860. The fraction of sp³-hybridized carbons (Fsp3) is 1.00. The molecular formula is C9H16N2. The van der Waals surface area contributed by atoms with Crippen molar-refractivity contribution in [2.45, 2.75) is 50.4 Å². The van der Waals surface area contributed by atoms with Crippen LogP contribution in [0.25, 0.3) is 0 Å². The van der Waals surface area contributed by atoms with Gasteiger partial charge in [-0.05, 0) is 25.8 Å². The molecule has 4 saturated heterocycles. The Morgan fingerprint density at radius 2 is 1.82 bits per heavy atom. The fourth-order valence-electron chi connectivity index (χ4n) is 3.31. The van der Waals surface area contributed by atoms with Gasteiger partial charge in [-0.3, -0.25) is 4.90 Å². The summed E-state index contributed by atoms with van der Waals surface area (Å²) in [5.74, 6) is 0. The van der Waals surface area contributed by atoms with Gasteiger partial charge in [0, 0.05) is 24.2 Å². The number of nitrogens with zero attached hydrogens (tertiary/aromatic N) is 1. The van der Waals surface area contributed by atoms with E-state index in [1.54, 1.807) is 0 Å². The van der Waals surface area contributed by atoms with E-state index in [0.29, 0.717) is 0 Å². The molecule has 62 valence electrons. The van der Waals surface area contributed by atoms with E-state index in [0.717, 1.165) is 24.2 Å². The van der Waals surface area contributed by atoms with E-state index in [2.05, 4.69) is 17.1 Å². The van der Waals surface area contributed by atoms with Crippen LogP contribution in [0.15, 0.2) is 0 Å². The monoisotopic (exact) mass is 152 g/mol. The number of hydrogen-bond donors (Lipinski definition) is 1. The van der Waals surface area contributed by atoms with Gasteiger partial charge < -0.3 is 5.32 Å². The van der Waals surface area contributed by atoms with Crippen LogP contribution < -0.4 is 5.32 Å². The van der Waals surface area contributed by atoms with Crippen LogP contribution in [-0.4, -0.2) is 35.6 Å². The predicted octanol–water partition coefficient (Wildman–Crippen LogP) is 0.583. The molecule has 4 atom stereocenters. The first-order chi connectivity index (χ1) is 5.40. The molecule has 0 aromatic heterocycles.